The quantitative estimate of drug-likeness (QED) is 0.614. The molecule has 5 rings (SSSR count). The van der Waals surface area contributed by atoms with Gasteiger partial charge in [0.1, 0.15) is 17.3 Å². The highest BCUT2D eigenvalue weighted by Crippen LogP contribution is 2.38. The van der Waals surface area contributed by atoms with Crippen molar-refractivity contribution in [3.8, 4) is 0 Å². The number of aromatic nitrogens is 3. The number of hydrogen-bond donors (Lipinski definition) is 0. The number of sulfonamides is 1. The number of anilines is 2. The molecule has 1 aliphatic carbocycles. The van der Waals surface area contributed by atoms with Gasteiger partial charge in [-0.3, -0.25) is 0 Å². The highest BCUT2D eigenvalue weighted by atomic mass is 35.5. The lowest BCUT2D eigenvalue weighted by Gasteiger charge is -2.47. The number of halogens is 1. The Morgan fingerprint density at radius 3 is 2.70 bits per heavy atom. The van der Waals surface area contributed by atoms with E-state index in [4.69, 9.17) is 11.6 Å². The lowest BCUT2D eigenvalue weighted by Crippen LogP contribution is -2.61. The number of piperazine rings is 1. The van der Waals surface area contributed by atoms with E-state index in [2.05, 4.69) is 43.8 Å². The van der Waals surface area contributed by atoms with Gasteiger partial charge in [0.05, 0.1) is 17.6 Å². The molecule has 10 heteroatoms. The van der Waals surface area contributed by atoms with Gasteiger partial charge in [0.2, 0.25) is 10.0 Å². The average molecular weight is 489 g/mol. The van der Waals surface area contributed by atoms with E-state index < -0.39 is 15.6 Å². The van der Waals surface area contributed by atoms with Gasteiger partial charge < -0.3 is 9.80 Å². The second kappa shape index (κ2) is 7.92. The van der Waals surface area contributed by atoms with Gasteiger partial charge in [0.25, 0.3) is 0 Å². The largest absolute Gasteiger partial charge is 0.363 e. The minimum absolute atomic E-state index is 0.246. The maximum absolute atomic E-state index is 12.3. The Morgan fingerprint density at radius 2 is 1.97 bits per heavy atom. The second-order valence-electron chi connectivity index (χ2n) is 9.80. The van der Waals surface area contributed by atoms with Crippen molar-refractivity contribution in [2.24, 2.45) is 0 Å². The molecule has 0 aromatic carbocycles. The number of rotatable bonds is 3. The fraction of sp³-hybridized carbons (Fsp3) is 0.522. The lowest BCUT2D eigenvalue weighted by molar-refractivity contribution is 0.205. The second-order valence-corrected chi connectivity index (χ2v) is 12.1. The third kappa shape index (κ3) is 4.00. The summed E-state index contributed by atoms with van der Waals surface area (Å²) in [4.78, 5) is 18.4. The molecule has 8 nitrogen and oxygen atoms in total. The van der Waals surface area contributed by atoms with Crippen molar-refractivity contribution in [3.05, 3.63) is 46.1 Å². The summed E-state index contributed by atoms with van der Waals surface area (Å²) in [6.45, 7) is 8.40. The third-order valence-electron chi connectivity index (χ3n) is 6.88. The van der Waals surface area contributed by atoms with E-state index in [0.717, 1.165) is 46.9 Å². The first kappa shape index (κ1) is 22.6. The zero-order valence-corrected chi connectivity index (χ0v) is 21.0. The Hall–Kier alpha value is -2.23. The first-order valence-corrected chi connectivity index (χ1v) is 13.5. The summed E-state index contributed by atoms with van der Waals surface area (Å²) in [5, 5.41) is 0.508. The molecule has 2 aliphatic heterocycles. The van der Waals surface area contributed by atoms with E-state index in [1.165, 1.54) is 6.26 Å². The fourth-order valence-corrected chi connectivity index (χ4v) is 7.02. The van der Waals surface area contributed by atoms with Crippen LogP contribution in [-0.2, 0) is 29.4 Å². The van der Waals surface area contributed by atoms with E-state index in [9.17, 15) is 8.42 Å². The third-order valence-corrected chi connectivity index (χ3v) is 8.55. The molecular weight excluding hydrogens is 460 g/mol. The summed E-state index contributed by atoms with van der Waals surface area (Å²) in [6, 6.07) is 2.20. The maximum atomic E-state index is 12.3. The van der Waals surface area contributed by atoms with Crippen LogP contribution in [0.5, 0.6) is 0 Å². The lowest BCUT2D eigenvalue weighted by atomic mass is 9.96. The number of hydrogen-bond acceptors (Lipinski definition) is 7. The summed E-state index contributed by atoms with van der Waals surface area (Å²) < 4.78 is 26.2. The Kier molecular flexibility index (Phi) is 5.42. The first-order valence-electron chi connectivity index (χ1n) is 11.2. The topological polar surface area (TPSA) is 82.5 Å². The van der Waals surface area contributed by atoms with Gasteiger partial charge in [-0.05, 0) is 26.8 Å². The average Bonchev–Trinajstić information content (AvgIpc) is 3.18. The SMILES string of the molecule is C[C@@H]1Cc2ncnc(N3CCN(S(C)(=O)=O)C(C)(C)C3)c2CN1c1cc(Cl)nc2c1C=CC2. The van der Waals surface area contributed by atoms with Crippen LogP contribution < -0.4 is 9.80 Å². The Balaban J connectivity index is 1.50. The highest BCUT2D eigenvalue weighted by molar-refractivity contribution is 7.88. The Morgan fingerprint density at radius 1 is 1.18 bits per heavy atom. The van der Waals surface area contributed by atoms with Crippen molar-refractivity contribution in [1.82, 2.24) is 19.3 Å². The minimum atomic E-state index is -3.28. The van der Waals surface area contributed by atoms with E-state index >= 15 is 0 Å². The van der Waals surface area contributed by atoms with Crippen LogP contribution in [0.15, 0.2) is 18.5 Å². The van der Waals surface area contributed by atoms with Crippen LogP contribution in [-0.4, -0.2) is 65.1 Å². The van der Waals surface area contributed by atoms with Gasteiger partial charge in [-0.25, -0.2) is 23.4 Å². The number of pyridine rings is 1. The van der Waals surface area contributed by atoms with E-state index in [0.29, 0.717) is 31.3 Å². The summed E-state index contributed by atoms with van der Waals surface area (Å²) >= 11 is 6.38. The molecule has 1 saturated heterocycles. The molecule has 0 saturated carbocycles. The van der Waals surface area contributed by atoms with E-state index in [-0.39, 0.29) is 6.04 Å². The summed E-state index contributed by atoms with van der Waals surface area (Å²) in [5.74, 6) is 0.894. The summed E-state index contributed by atoms with van der Waals surface area (Å²) in [5.41, 5.74) is 4.86. The monoisotopic (exact) mass is 488 g/mol. The molecule has 4 heterocycles. The predicted molar refractivity (Wildman–Crippen MR) is 131 cm³/mol. The van der Waals surface area contributed by atoms with Crippen molar-refractivity contribution in [3.63, 3.8) is 0 Å². The van der Waals surface area contributed by atoms with Gasteiger partial charge in [0, 0.05) is 67.4 Å². The molecule has 1 atom stereocenters. The smallest absolute Gasteiger partial charge is 0.211 e. The molecule has 0 N–H and O–H groups in total. The molecule has 2 aromatic rings. The van der Waals surface area contributed by atoms with Crippen molar-refractivity contribution < 1.29 is 8.42 Å². The molecular formula is C23H29ClN6O2S. The van der Waals surface area contributed by atoms with Crippen molar-refractivity contribution in [2.75, 3.05) is 35.7 Å². The first-order chi connectivity index (χ1) is 15.5. The van der Waals surface area contributed by atoms with Gasteiger partial charge in [0.15, 0.2) is 0 Å². The Bertz CT molecular complexity index is 1250. The normalized spacial score (nSPS) is 22.4. The molecule has 176 valence electrons. The molecule has 0 radical (unpaired) electrons. The predicted octanol–water partition coefficient (Wildman–Crippen LogP) is 2.91. The molecule has 3 aliphatic rings. The number of nitrogens with zero attached hydrogens (tertiary/aromatic N) is 6. The molecule has 0 spiro atoms. The molecule has 33 heavy (non-hydrogen) atoms. The standard InChI is InChI=1S/C23H29ClN6O2S/c1-15-10-19-17(12-29(15)20-11-21(24)27-18-7-5-6-16(18)20)22(26-14-25-19)28-8-9-30(33(4,31)32)23(2,3)13-28/h5-6,11,14-15H,7-10,12-13H2,1-4H3/t15-/m1/s1. The number of allylic oxidation sites excluding steroid dienone is 1. The molecule has 0 bridgehead atoms. The Labute approximate surface area is 200 Å². The van der Waals surface area contributed by atoms with Crippen molar-refractivity contribution in [2.45, 2.75) is 51.7 Å². The van der Waals surface area contributed by atoms with E-state index in [1.54, 1.807) is 10.6 Å². The van der Waals surface area contributed by atoms with Crippen LogP contribution in [0.3, 0.4) is 0 Å². The summed E-state index contributed by atoms with van der Waals surface area (Å²) in [6.07, 6.45) is 8.77. The highest BCUT2D eigenvalue weighted by Gasteiger charge is 2.40. The number of fused-ring (bicyclic) bond motifs is 2. The summed E-state index contributed by atoms with van der Waals surface area (Å²) in [7, 11) is -3.28. The fourth-order valence-electron chi connectivity index (χ4n) is 5.45. The van der Waals surface area contributed by atoms with Crippen LogP contribution in [0.25, 0.3) is 6.08 Å². The minimum Gasteiger partial charge on any atom is -0.363 e. The van der Waals surface area contributed by atoms with Gasteiger partial charge in [-0.15, -0.1) is 0 Å². The molecule has 1 fully saturated rings. The van der Waals surface area contributed by atoms with Crippen LogP contribution in [0.1, 0.15) is 43.3 Å². The molecule has 2 aromatic heterocycles. The van der Waals surface area contributed by atoms with Gasteiger partial charge in [-0.1, -0.05) is 23.8 Å². The van der Waals surface area contributed by atoms with Gasteiger partial charge in [-0.2, -0.15) is 4.31 Å². The molecule has 0 amide bonds. The maximum Gasteiger partial charge on any atom is 0.211 e. The van der Waals surface area contributed by atoms with Crippen LogP contribution in [0.2, 0.25) is 5.15 Å². The molecule has 0 unspecified atom stereocenters. The zero-order valence-electron chi connectivity index (χ0n) is 19.4. The van der Waals surface area contributed by atoms with Crippen molar-refractivity contribution >= 4 is 39.2 Å². The van der Waals surface area contributed by atoms with Crippen LogP contribution >= 0.6 is 11.6 Å². The van der Waals surface area contributed by atoms with Crippen LogP contribution in [0.4, 0.5) is 11.5 Å². The van der Waals surface area contributed by atoms with Crippen LogP contribution in [0, 0.1) is 0 Å². The van der Waals surface area contributed by atoms with Crippen molar-refractivity contribution in [1.29, 1.82) is 0 Å². The van der Waals surface area contributed by atoms with E-state index in [1.807, 2.05) is 19.9 Å². The zero-order chi connectivity index (χ0) is 23.5. The van der Waals surface area contributed by atoms with Gasteiger partial charge >= 0.3 is 0 Å².